The molecule has 0 atom stereocenters. The van der Waals surface area contributed by atoms with Crippen LogP contribution in [0.25, 0.3) is 0 Å². The highest BCUT2D eigenvalue weighted by molar-refractivity contribution is 7.89. The molecule has 0 aliphatic rings. The number of nitrogens with one attached hydrogen (secondary N) is 1. The maximum atomic E-state index is 13.4. The largest absolute Gasteiger partial charge is 0.326 e. The van der Waals surface area contributed by atoms with Crippen LogP contribution in [0, 0.1) is 5.82 Å². The smallest absolute Gasteiger partial charge is 0.241 e. The summed E-state index contributed by atoms with van der Waals surface area (Å²) in [7, 11) is -3.55. The first-order valence-electron chi connectivity index (χ1n) is 6.03. The van der Waals surface area contributed by atoms with Gasteiger partial charge in [0.1, 0.15) is 5.82 Å². The fourth-order valence-electron chi connectivity index (χ4n) is 1.71. The molecule has 1 heterocycles. The Morgan fingerprint density at radius 3 is 2.70 bits per heavy atom. The predicted molar refractivity (Wildman–Crippen MR) is 77.5 cm³/mol. The van der Waals surface area contributed by atoms with Gasteiger partial charge < -0.3 is 5.73 Å². The molecule has 0 aliphatic carbocycles. The summed E-state index contributed by atoms with van der Waals surface area (Å²) in [4.78, 5) is 1.01. The van der Waals surface area contributed by atoms with Crippen molar-refractivity contribution in [1.29, 1.82) is 0 Å². The molecule has 0 saturated carbocycles. The number of benzene rings is 1. The van der Waals surface area contributed by atoms with Crippen LogP contribution in [0.3, 0.4) is 0 Å². The zero-order valence-electron chi connectivity index (χ0n) is 10.7. The molecule has 0 spiro atoms. The number of nitrogens with two attached hydrogens (primary N) is 1. The number of rotatable bonds is 6. The third kappa shape index (κ3) is 3.63. The van der Waals surface area contributed by atoms with Crippen molar-refractivity contribution < 1.29 is 12.8 Å². The highest BCUT2D eigenvalue weighted by atomic mass is 32.2. The molecule has 4 nitrogen and oxygen atoms in total. The van der Waals surface area contributed by atoms with E-state index in [1.807, 2.05) is 0 Å². The monoisotopic (exact) mass is 314 g/mol. The summed E-state index contributed by atoms with van der Waals surface area (Å²) in [6, 6.07) is 7.87. The van der Waals surface area contributed by atoms with Crippen molar-refractivity contribution in [3.63, 3.8) is 0 Å². The molecule has 0 bridgehead atoms. The van der Waals surface area contributed by atoms with Crippen LogP contribution in [-0.2, 0) is 23.0 Å². The third-order valence-corrected chi connectivity index (χ3v) is 5.33. The molecule has 2 aromatic rings. The van der Waals surface area contributed by atoms with Crippen LogP contribution in [0.5, 0.6) is 0 Å². The average Bonchev–Trinajstić information content (AvgIpc) is 2.90. The number of sulfonamides is 1. The molecule has 0 amide bonds. The Labute approximate surface area is 121 Å². The SMILES string of the molecule is NCc1cc(S(=O)(=O)NCCc2ccccc2F)cs1. The van der Waals surface area contributed by atoms with Crippen molar-refractivity contribution in [2.75, 3.05) is 6.54 Å². The van der Waals surface area contributed by atoms with Gasteiger partial charge in [-0.1, -0.05) is 18.2 Å². The van der Waals surface area contributed by atoms with E-state index in [1.54, 1.807) is 29.6 Å². The number of hydrogen-bond acceptors (Lipinski definition) is 4. The van der Waals surface area contributed by atoms with Gasteiger partial charge in [-0.2, -0.15) is 0 Å². The minimum Gasteiger partial charge on any atom is -0.326 e. The van der Waals surface area contributed by atoms with E-state index in [0.717, 1.165) is 4.88 Å². The Hall–Kier alpha value is -1.28. The second-order valence-corrected chi connectivity index (χ2v) is 6.95. The Balaban J connectivity index is 1.98. The Kier molecular flexibility index (Phi) is 4.87. The standard InChI is InChI=1S/C13H15FN2O2S2/c14-13-4-2-1-3-10(13)5-6-16-20(17,18)12-7-11(8-15)19-9-12/h1-4,7,9,16H,5-6,8,15H2. The summed E-state index contributed by atoms with van der Waals surface area (Å²) >= 11 is 1.30. The first-order chi connectivity index (χ1) is 9.53. The molecule has 1 aromatic carbocycles. The topological polar surface area (TPSA) is 72.2 Å². The summed E-state index contributed by atoms with van der Waals surface area (Å²) < 4.78 is 39.8. The van der Waals surface area contributed by atoms with Gasteiger partial charge in [-0.05, 0) is 24.1 Å². The van der Waals surface area contributed by atoms with E-state index in [-0.39, 0.29) is 17.3 Å². The molecule has 0 radical (unpaired) electrons. The van der Waals surface area contributed by atoms with Crippen molar-refractivity contribution >= 4 is 21.4 Å². The zero-order valence-corrected chi connectivity index (χ0v) is 12.3. The second kappa shape index (κ2) is 6.45. The lowest BCUT2D eigenvalue weighted by Gasteiger charge is -2.05. The Morgan fingerprint density at radius 2 is 2.05 bits per heavy atom. The summed E-state index contributed by atoms with van der Waals surface area (Å²) in [5, 5.41) is 1.55. The first-order valence-corrected chi connectivity index (χ1v) is 8.40. The molecule has 2 rings (SSSR count). The van der Waals surface area contributed by atoms with Crippen molar-refractivity contribution in [3.8, 4) is 0 Å². The van der Waals surface area contributed by atoms with E-state index in [4.69, 9.17) is 5.73 Å². The molecule has 3 N–H and O–H groups in total. The van der Waals surface area contributed by atoms with Crippen LogP contribution in [0.2, 0.25) is 0 Å². The average molecular weight is 314 g/mol. The summed E-state index contributed by atoms with van der Waals surface area (Å²) in [5.74, 6) is -0.326. The van der Waals surface area contributed by atoms with Crippen molar-refractivity contribution in [1.82, 2.24) is 4.72 Å². The normalized spacial score (nSPS) is 11.7. The lowest BCUT2D eigenvalue weighted by atomic mass is 10.1. The molecular formula is C13H15FN2O2S2. The number of halogens is 1. The van der Waals surface area contributed by atoms with Gasteiger partial charge in [0.25, 0.3) is 0 Å². The van der Waals surface area contributed by atoms with E-state index in [1.165, 1.54) is 17.4 Å². The van der Waals surface area contributed by atoms with Gasteiger partial charge in [0.2, 0.25) is 10.0 Å². The number of thiophene rings is 1. The van der Waals surface area contributed by atoms with E-state index in [0.29, 0.717) is 18.5 Å². The van der Waals surface area contributed by atoms with Gasteiger partial charge >= 0.3 is 0 Å². The summed E-state index contributed by atoms with van der Waals surface area (Å²) in [6.45, 7) is 0.465. The van der Waals surface area contributed by atoms with Crippen LogP contribution >= 0.6 is 11.3 Å². The highest BCUT2D eigenvalue weighted by Gasteiger charge is 2.15. The summed E-state index contributed by atoms with van der Waals surface area (Å²) in [6.07, 6.45) is 0.305. The molecular weight excluding hydrogens is 299 g/mol. The van der Waals surface area contributed by atoms with Gasteiger partial charge in [-0.15, -0.1) is 11.3 Å². The molecule has 1 aromatic heterocycles. The maximum absolute atomic E-state index is 13.4. The second-order valence-electron chi connectivity index (χ2n) is 4.19. The quantitative estimate of drug-likeness (QED) is 0.855. The van der Waals surface area contributed by atoms with Crippen LogP contribution in [0.4, 0.5) is 4.39 Å². The molecule has 108 valence electrons. The van der Waals surface area contributed by atoms with Crippen LogP contribution in [0.1, 0.15) is 10.4 Å². The predicted octanol–water partition coefficient (Wildman–Crippen LogP) is 1.87. The van der Waals surface area contributed by atoms with Crippen LogP contribution in [0.15, 0.2) is 40.6 Å². The fourth-order valence-corrected chi connectivity index (χ4v) is 3.90. The molecule has 20 heavy (non-hydrogen) atoms. The van der Waals surface area contributed by atoms with Gasteiger partial charge in [0.05, 0.1) is 4.90 Å². The van der Waals surface area contributed by atoms with Crippen molar-refractivity contribution in [3.05, 3.63) is 52.0 Å². The molecule has 0 unspecified atom stereocenters. The fraction of sp³-hybridized carbons (Fsp3) is 0.231. The van der Waals surface area contributed by atoms with Gasteiger partial charge in [-0.25, -0.2) is 17.5 Å². The third-order valence-electron chi connectivity index (χ3n) is 2.79. The Morgan fingerprint density at radius 1 is 1.30 bits per heavy atom. The van der Waals surface area contributed by atoms with Crippen molar-refractivity contribution in [2.24, 2.45) is 5.73 Å². The highest BCUT2D eigenvalue weighted by Crippen LogP contribution is 2.18. The van der Waals surface area contributed by atoms with E-state index >= 15 is 0 Å². The number of hydrogen-bond donors (Lipinski definition) is 2. The van der Waals surface area contributed by atoms with Gasteiger partial charge in [0.15, 0.2) is 0 Å². The van der Waals surface area contributed by atoms with Gasteiger partial charge in [0, 0.05) is 23.3 Å². The van der Waals surface area contributed by atoms with Crippen molar-refractivity contribution in [2.45, 2.75) is 17.9 Å². The molecule has 0 fully saturated rings. The minimum absolute atomic E-state index is 0.150. The van der Waals surface area contributed by atoms with Gasteiger partial charge in [-0.3, -0.25) is 0 Å². The summed E-state index contributed by atoms with van der Waals surface area (Å²) in [5.41, 5.74) is 5.94. The van der Waals surface area contributed by atoms with Crippen LogP contribution < -0.4 is 10.5 Å². The molecule has 0 saturated heterocycles. The minimum atomic E-state index is -3.55. The van der Waals surface area contributed by atoms with Crippen LogP contribution in [-0.4, -0.2) is 15.0 Å². The first kappa shape index (κ1) is 15.1. The molecule has 7 heteroatoms. The zero-order chi connectivity index (χ0) is 14.6. The lowest BCUT2D eigenvalue weighted by molar-refractivity contribution is 0.577. The van der Waals surface area contributed by atoms with E-state index in [2.05, 4.69) is 4.72 Å². The Bertz CT molecular complexity index is 683. The molecule has 0 aliphatic heterocycles. The maximum Gasteiger partial charge on any atom is 0.241 e. The lowest BCUT2D eigenvalue weighted by Crippen LogP contribution is -2.25. The van der Waals surface area contributed by atoms with E-state index in [9.17, 15) is 12.8 Å². The van der Waals surface area contributed by atoms with E-state index < -0.39 is 10.0 Å².